The number of carboxylic acid groups (broad SMARTS) is 2. The molecule has 168 valence electrons. The lowest BCUT2D eigenvalue weighted by Gasteiger charge is -2.41. The van der Waals surface area contributed by atoms with Crippen molar-refractivity contribution in [1.82, 2.24) is 9.80 Å². The second-order valence-electron chi connectivity index (χ2n) is 8.04. The van der Waals surface area contributed by atoms with Gasteiger partial charge in [-0.3, -0.25) is 4.90 Å². The molecular formula is C22H34N2O6. The summed E-state index contributed by atoms with van der Waals surface area (Å²) in [7, 11) is 3.46. The predicted molar refractivity (Wildman–Crippen MR) is 113 cm³/mol. The van der Waals surface area contributed by atoms with Gasteiger partial charge in [0.1, 0.15) is 11.5 Å². The van der Waals surface area contributed by atoms with Gasteiger partial charge in [0, 0.05) is 24.7 Å². The molecule has 1 aromatic carbocycles. The number of nitrogens with zero attached hydrogens (tertiary/aromatic N) is 2. The van der Waals surface area contributed by atoms with Crippen molar-refractivity contribution in [2.75, 3.05) is 40.4 Å². The van der Waals surface area contributed by atoms with Gasteiger partial charge in [0.25, 0.3) is 0 Å². The molecule has 1 aromatic rings. The van der Waals surface area contributed by atoms with Crippen LogP contribution in [0.4, 0.5) is 0 Å². The molecular weight excluding hydrogens is 388 g/mol. The fourth-order valence-electron chi connectivity index (χ4n) is 4.25. The Labute approximate surface area is 178 Å². The number of piperidine rings is 2. The van der Waals surface area contributed by atoms with Gasteiger partial charge >= 0.3 is 11.9 Å². The topological polar surface area (TPSA) is 99.5 Å². The van der Waals surface area contributed by atoms with Gasteiger partial charge in [0.2, 0.25) is 0 Å². The number of likely N-dealkylation sites (tertiary alicyclic amines) is 2. The summed E-state index contributed by atoms with van der Waals surface area (Å²) in [6.45, 7) is 8.30. The van der Waals surface area contributed by atoms with E-state index in [9.17, 15) is 0 Å². The molecule has 8 nitrogen and oxygen atoms in total. The molecule has 2 heterocycles. The number of carbonyl (C=O) groups is 2. The molecule has 0 amide bonds. The van der Waals surface area contributed by atoms with Gasteiger partial charge < -0.3 is 24.6 Å². The molecule has 2 saturated heterocycles. The van der Waals surface area contributed by atoms with E-state index in [1.807, 2.05) is 12.1 Å². The molecule has 2 aliphatic heterocycles. The third kappa shape index (κ3) is 7.18. The van der Waals surface area contributed by atoms with Crippen molar-refractivity contribution in [3.05, 3.63) is 23.8 Å². The average molecular weight is 423 g/mol. The predicted octanol–water partition coefficient (Wildman–Crippen LogP) is 2.56. The summed E-state index contributed by atoms with van der Waals surface area (Å²) in [6, 6.07) is 6.87. The fraction of sp³-hybridized carbons (Fsp3) is 0.636. The van der Waals surface area contributed by atoms with Crippen LogP contribution in [0.5, 0.6) is 11.5 Å². The Balaban J connectivity index is 0.000000469. The van der Waals surface area contributed by atoms with Crippen molar-refractivity contribution in [3.8, 4) is 11.5 Å². The van der Waals surface area contributed by atoms with Crippen molar-refractivity contribution in [3.63, 3.8) is 0 Å². The normalized spacial score (nSPS) is 20.7. The van der Waals surface area contributed by atoms with Gasteiger partial charge in [-0.2, -0.15) is 0 Å². The number of hydrogen-bond acceptors (Lipinski definition) is 6. The lowest BCUT2D eigenvalue weighted by Crippen LogP contribution is -2.47. The zero-order chi connectivity index (χ0) is 22.1. The number of ether oxygens (including phenoxy) is 2. The molecule has 0 aliphatic carbocycles. The average Bonchev–Trinajstić information content (AvgIpc) is 2.74. The Kier molecular flexibility index (Phi) is 9.39. The molecule has 3 rings (SSSR count). The zero-order valence-electron chi connectivity index (χ0n) is 18.2. The first kappa shape index (κ1) is 24.0. The van der Waals surface area contributed by atoms with Crippen molar-refractivity contribution >= 4 is 11.9 Å². The van der Waals surface area contributed by atoms with Gasteiger partial charge in [0.05, 0.1) is 14.2 Å². The van der Waals surface area contributed by atoms with Crippen LogP contribution in [0.25, 0.3) is 0 Å². The van der Waals surface area contributed by atoms with E-state index >= 15 is 0 Å². The standard InChI is InChI=1S/C20H32N2O2.C2H2O4/c1-16-5-4-10-22(14-16)18-8-11-21(12-9-18)15-17-13-19(23-2)6-7-20(17)24-3;3-1(4)2(5)6/h6-7,13,16,18H,4-5,8-12,14-15H2,1-3H3;(H,3,4)(H,5,6). The Morgan fingerprint density at radius 1 is 1.03 bits per heavy atom. The summed E-state index contributed by atoms with van der Waals surface area (Å²) in [5.74, 6) is -0.909. The second-order valence-corrected chi connectivity index (χ2v) is 8.04. The Morgan fingerprint density at radius 2 is 1.70 bits per heavy atom. The van der Waals surface area contributed by atoms with E-state index < -0.39 is 11.9 Å². The van der Waals surface area contributed by atoms with Crippen molar-refractivity contribution in [2.24, 2.45) is 5.92 Å². The summed E-state index contributed by atoms with van der Waals surface area (Å²) in [4.78, 5) is 23.5. The minimum absolute atomic E-state index is 0.788. The zero-order valence-corrected chi connectivity index (χ0v) is 18.2. The third-order valence-electron chi connectivity index (χ3n) is 5.83. The number of aliphatic carboxylic acids is 2. The summed E-state index contributed by atoms with van der Waals surface area (Å²) < 4.78 is 10.9. The monoisotopic (exact) mass is 422 g/mol. The van der Waals surface area contributed by atoms with Crippen LogP contribution < -0.4 is 9.47 Å². The highest BCUT2D eigenvalue weighted by Crippen LogP contribution is 2.28. The molecule has 2 aliphatic rings. The number of rotatable bonds is 5. The quantitative estimate of drug-likeness (QED) is 0.699. The molecule has 8 heteroatoms. The first-order valence-corrected chi connectivity index (χ1v) is 10.5. The highest BCUT2D eigenvalue weighted by atomic mass is 16.5. The number of benzene rings is 1. The Bertz CT molecular complexity index is 691. The maximum absolute atomic E-state index is 9.10. The van der Waals surface area contributed by atoms with Crippen molar-refractivity contribution in [1.29, 1.82) is 0 Å². The van der Waals surface area contributed by atoms with Crippen LogP contribution in [-0.2, 0) is 16.1 Å². The van der Waals surface area contributed by atoms with Crippen molar-refractivity contribution < 1.29 is 29.3 Å². The van der Waals surface area contributed by atoms with Crippen LogP contribution in [0.3, 0.4) is 0 Å². The maximum atomic E-state index is 9.10. The third-order valence-corrected chi connectivity index (χ3v) is 5.83. The largest absolute Gasteiger partial charge is 0.497 e. The number of carboxylic acids is 2. The molecule has 2 fully saturated rings. The minimum Gasteiger partial charge on any atom is -0.497 e. The molecule has 0 spiro atoms. The molecule has 0 saturated carbocycles. The summed E-state index contributed by atoms with van der Waals surface area (Å²) in [5, 5.41) is 14.8. The number of hydrogen-bond donors (Lipinski definition) is 2. The first-order valence-electron chi connectivity index (χ1n) is 10.5. The highest BCUT2D eigenvalue weighted by Gasteiger charge is 2.27. The van der Waals surface area contributed by atoms with Gasteiger partial charge in [-0.25, -0.2) is 9.59 Å². The molecule has 30 heavy (non-hydrogen) atoms. The van der Waals surface area contributed by atoms with Gasteiger partial charge in [-0.15, -0.1) is 0 Å². The Morgan fingerprint density at radius 3 is 2.23 bits per heavy atom. The smallest absolute Gasteiger partial charge is 0.414 e. The van der Waals surface area contributed by atoms with E-state index in [-0.39, 0.29) is 0 Å². The molecule has 0 bridgehead atoms. The lowest BCUT2D eigenvalue weighted by molar-refractivity contribution is -0.159. The van der Waals surface area contributed by atoms with Crippen LogP contribution in [0, 0.1) is 5.92 Å². The summed E-state index contributed by atoms with van der Waals surface area (Å²) >= 11 is 0. The van der Waals surface area contributed by atoms with Gasteiger partial charge in [0.15, 0.2) is 0 Å². The van der Waals surface area contributed by atoms with Crippen LogP contribution in [0.15, 0.2) is 18.2 Å². The number of methoxy groups -OCH3 is 2. The molecule has 0 radical (unpaired) electrons. The minimum atomic E-state index is -1.82. The lowest BCUT2D eigenvalue weighted by atomic mass is 9.95. The first-order chi connectivity index (χ1) is 14.3. The van der Waals surface area contributed by atoms with Crippen molar-refractivity contribution in [2.45, 2.75) is 45.2 Å². The van der Waals surface area contributed by atoms with E-state index in [0.29, 0.717) is 0 Å². The van der Waals surface area contributed by atoms with Gasteiger partial charge in [-0.05, 0) is 69.4 Å². The van der Waals surface area contributed by atoms with Gasteiger partial charge in [-0.1, -0.05) is 6.92 Å². The fourth-order valence-corrected chi connectivity index (χ4v) is 4.25. The van der Waals surface area contributed by atoms with Crippen LogP contribution >= 0.6 is 0 Å². The van der Waals surface area contributed by atoms with Crippen LogP contribution in [0.2, 0.25) is 0 Å². The molecule has 1 atom stereocenters. The summed E-state index contributed by atoms with van der Waals surface area (Å²) in [5.41, 5.74) is 1.22. The van der Waals surface area contributed by atoms with E-state index in [4.69, 9.17) is 29.3 Å². The SMILES string of the molecule is COc1ccc(OC)c(CN2CCC(N3CCCC(C)C3)CC2)c1.O=C(O)C(=O)O. The van der Waals surface area contributed by atoms with E-state index in [0.717, 1.165) is 30.0 Å². The molecule has 1 unspecified atom stereocenters. The molecule has 0 aromatic heterocycles. The van der Waals surface area contributed by atoms with E-state index in [1.54, 1.807) is 14.2 Å². The van der Waals surface area contributed by atoms with Crippen LogP contribution in [-0.4, -0.2) is 78.4 Å². The maximum Gasteiger partial charge on any atom is 0.414 e. The Hall–Kier alpha value is -2.32. The van der Waals surface area contributed by atoms with Crippen LogP contribution in [0.1, 0.15) is 38.2 Å². The summed E-state index contributed by atoms with van der Waals surface area (Å²) in [6.07, 6.45) is 5.37. The highest BCUT2D eigenvalue weighted by molar-refractivity contribution is 6.27. The van der Waals surface area contributed by atoms with E-state index in [1.165, 1.54) is 57.4 Å². The molecule has 2 N–H and O–H groups in total. The van der Waals surface area contributed by atoms with E-state index in [2.05, 4.69) is 22.8 Å². The second kappa shape index (κ2) is 11.8.